The van der Waals surface area contributed by atoms with Crippen LogP contribution in [0, 0.1) is 11.8 Å². The minimum absolute atomic E-state index is 0. The van der Waals surface area contributed by atoms with Crippen molar-refractivity contribution in [1.29, 1.82) is 0 Å². The summed E-state index contributed by atoms with van der Waals surface area (Å²) in [6.45, 7) is 9.25. The normalized spacial score (nSPS) is 8.91. The molecule has 0 saturated carbocycles. The van der Waals surface area contributed by atoms with Crippen molar-refractivity contribution < 1.29 is 0 Å². The molecule has 0 aliphatic carbocycles. The molecule has 1 radical (unpaired) electrons. The highest BCUT2D eigenvalue weighted by Gasteiger charge is 1.98. The van der Waals surface area contributed by atoms with E-state index in [0.717, 1.165) is 27.1 Å². The summed E-state index contributed by atoms with van der Waals surface area (Å²) in [6.07, 6.45) is 0. The first-order valence-corrected chi connectivity index (χ1v) is 5.58. The second kappa shape index (κ2) is 11.6. The monoisotopic (exact) mass is 203 g/mol. The summed E-state index contributed by atoms with van der Waals surface area (Å²) in [5.74, 6) is 1.86. The van der Waals surface area contributed by atoms with Gasteiger partial charge in [0.1, 0.15) is 0 Å². The highest BCUT2D eigenvalue weighted by atomic mass is 35.5. The van der Waals surface area contributed by atoms with Crippen molar-refractivity contribution in [3.8, 4) is 0 Å². The van der Waals surface area contributed by atoms with Crippen LogP contribution in [0.4, 0.5) is 0 Å². The van der Waals surface area contributed by atoms with E-state index in [1.54, 1.807) is 0 Å². The van der Waals surface area contributed by atoms with Gasteiger partial charge in [0, 0.05) is 0 Å². The average molecular weight is 204 g/mol. The lowest BCUT2D eigenvalue weighted by Gasteiger charge is -2.03. The number of hydrogen-bond acceptors (Lipinski definition) is 0. The zero-order valence-electron chi connectivity index (χ0n) is 7.55. The van der Waals surface area contributed by atoms with Gasteiger partial charge in [-0.3, -0.25) is 0 Å². The Kier molecular flexibility index (Phi) is 19.4. The molecular formula is C8H21AlClMg. The van der Waals surface area contributed by atoms with Gasteiger partial charge in [-0.05, 0) is 0 Å². The first kappa shape index (κ1) is 18.4. The van der Waals surface area contributed by atoms with Gasteiger partial charge in [0.2, 0.25) is 15.2 Å². The Morgan fingerprint density at radius 2 is 1.18 bits per heavy atom. The fraction of sp³-hybridized carbons (Fsp3) is 1.00. The van der Waals surface area contributed by atoms with Crippen LogP contribution in [0.2, 0.25) is 10.6 Å². The van der Waals surface area contributed by atoms with Crippen molar-refractivity contribution in [2.75, 3.05) is 0 Å². The van der Waals surface area contributed by atoms with Gasteiger partial charge < -0.3 is 0 Å². The van der Waals surface area contributed by atoms with Crippen molar-refractivity contribution in [2.24, 2.45) is 11.8 Å². The van der Waals surface area contributed by atoms with Gasteiger partial charge in [0.05, 0.1) is 0 Å². The van der Waals surface area contributed by atoms with Crippen molar-refractivity contribution >= 4 is 50.7 Å². The Morgan fingerprint density at radius 3 is 1.36 bits per heavy atom. The highest BCUT2D eigenvalue weighted by Crippen LogP contribution is 2.05. The lowest BCUT2D eigenvalue weighted by molar-refractivity contribution is 0.700. The van der Waals surface area contributed by atoms with Crippen molar-refractivity contribution in [3.05, 3.63) is 0 Å². The van der Waals surface area contributed by atoms with E-state index >= 15 is 0 Å². The lowest BCUT2D eigenvalue weighted by atomic mass is 10.3. The van der Waals surface area contributed by atoms with Crippen LogP contribution in [-0.2, 0) is 0 Å². The van der Waals surface area contributed by atoms with Crippen molar-refractivity contribution in [3.63, 3.8) is 0 Å². The molecule has 65 valence electrons. The molecule has 0 aromatic heterocycles. The summed E-state index contributed by atoms with van der Waals surface area (Å²) >= 11 is 0.755. The van der Waals surface area contributed by atoms with E-state index in [1.165, 1.54) is 10.6 Å². The maximum absolute atomic E-state index is 2.31. The maximum atomic E-state index is 2.31. The zero-order chi connectivity index (χ0) is 7.28. The summed E-state index contributed by atoms with van der Waals surface area (Å²) in [5.41, 5.74) is 0. The predicted molar refractivity (Wildman–Crippen MR) is 60.8 cm³/mol. The van der Waals surface area contributed by atoms with Crippen LogP contribution in [0.5, 0.6) is 0 Å². The predicted octanol–water partition coefficient (Wildman–Crippen LogP) is 2.34. The fourth-order valence-electron chi connectivity index (χ4n) is 0.763. The van der Waals surface area contributed by atoms with E-state index in [-0.39, 0.29) is 35.5 Å². The Bertz CT molecular complexity index is 59.1. The number of rotatable bonds is 4. The number of hydrogen-bond donors (Lipinski definition) is 0. The molecule has 0 bridgehead atoms. The maximum Gasteiger partial charge on any atom is 0.316 e. The second-order valence-electron chi connectivity index (χ2n) is 3.55. The topological polar surface area (TPSA) is 0 Å². The third-order valence-electron chi connectivity index (χ3n) is 1.28. The Hall–Kier alpha value is 1.59. The zero-order valence-corrected chi connectivity index (χ0v) is 9.53. The van der Waals surface area contributed by atoms with Gasteiger partial charge in [0.15, 0.2) is 0 Å². The molecule has 0 atom stereocenters. The first-order valence-electron chi connectivity index (χ1n) is 3.94. The summed E-state index contributed by atoms with van der Waals surface area (Å²) in [6, 6.07) is 0. The molecule has 0 amide bonds. The molecule has 0 aliphatic rings. The molecule has 0 heterocycles. The molecule has 0 rings (SSSR count). The van der Waals surface area contributed by atoms with Crippen molar-refractivity contribution in [2.45, 2.75) is 38.3 Å². The van der Waals surface area contributed by atoms with E-state index < -0.39 is 0 Å². The SMILES string of the molecule is CC(C)[CH2][Al][CH2]C(C)C.Cl.[MgH2]. The molecule has 0 aromatic rings. The summed E-state index contributed by atoms with van der Waals surface area (Å²) in [4.78, 5) is 0. The van der Waals surface area contributed by atoms with Crippen LogP contribution in [0.3, 0.4) is 0 Å². The van der Waals surface area contributed by atoms with Gasteiger partial charge >= 0.3 is 23.1 Å². The Labute approximate surface area is 100 Å². The first-order chi connectivity index (χ1) is 4.13. The highest BCUT2D eigenvalue weighted by molar-refractivity contribution is 6.35. The van der Waals surface area contributed by atoms with Crippen LogP contribution in [0.1, 0.15) is 27.7 Å². The molecule has 0 fully saturated rings. The van der Waals surface area contributed by atoms with Gasteiger partial charge in [-0.25, -0.2) is 0 Å². The fourth-order valence-corrected chi connectivity index (χ4v) is 2.29. The quantitative estimate of drug-likeness (QED) is 0.616. The largest absolute Gasteiger partial charge is 0.316 e. The molecule has 3 heteroatoms. The van der Waals surface area contributed by atoms with Crippen LogP contribution in [-0.4, -0.2) is 38.3 Å². The molecule has 0 unspecified atom stereocenters. The van der Waals surface area contributed by atoms with Crippen LogP contribution >= 0.6 is 12.4 Å². The third kappa shape index (κ3) is 18.5. The second-order valence-corrected chi connectivity index (χ2v) is 5.07. The average Bonchev–Trinajstić information content (AvgIpc) is 1.63. The molecule has 0 N–H and O–H groups in total. The van der Waals surface area contributed by atoms with Crippen LogP contribution in [0.15, 0.2) is 0 Å². The van der Waals surface area contributed by atoms with Crippen molar-refractivity contribution in [1.82, 2.24) is 0 Å². The van der Waals surface area contributed by atoms with Crippen LogP contribution in [0.25, 0.3) is 0 Å². The van der Waals surface area contributed by atoms with Gasteiger partial charge in [0.25, 0.3) is 0 Å². The Morgan fingerprint density at radius 1 is 0.909 bits per heavy atom. The summed E-state index contributed by atoms with van der Waals surface area (Å²) in [7, 11) is 0. The smallest absolute Gasteiger partial charge is 0.147 e. The molecule has 0 saturated heterocycles. The molecule has 0 aliphatic heterocycles. The summed E-state index contributed by atoms with van der Waals surface area (Å²) in [5, 5.41) is 2.97. The minimum Gasteiger partial charge on any atom is -0.147 e. The standard InChI is InChI=1S/2C4H9.Al.ClH.Mg.2H/c2*1-4(2)3;;;;;/h2*4H,1H2,2-3H3;;1H;;;. The lowest BCUT2D eigenvalue weighted by Crippen LogP contribution is -1.99. The van der Waals surface area contributed by atoms with E-state index in [2.05, 4.69) is 27.7 Å². The number of halogens is 1. The van der Waals surface area contributed by atoms with Gasteiger partial charge in [-0.1, -0.05) is 39.5 Å². The van der Waals surface area contributed by atoms with E-state index in [9.17, 15) is 0 Å². The van der Waals surface area contributed by atoms with E-state index in [1.807, 2.05) is 0 Å². The van der Waals surface area contributed by atoms with Gasteiger partial charge in [-0.15, -0.1) is 23.0 Å². The summed E-state index contributed by atoms with van der Waals surface area (Å²) < 4.78 is 0. The van der Waals surface area contributed by atoms with Gasteiger partial charge in [-0.2, -0.15) is 0 Å². The Balaban J connectivity index is -0.000000320. The minimum atomic E-state index is 0. The molecule has 0 spiro atoms. The molecule has 0 aromatic carbocycles. The van der Waals surface area contributed by atoms with Crippen LogP contribution < -0.4 is 0 Å². The van der Waals surface area contributed by atoms with E-state index in [0.29, 0.717) is 0 Å². The van der Waals surface area contributed by atoms with E-state index in [4.69, 9.17) is 0 Å². The molecule has 0 nitrogen and oxygen atoms in total. The molecular weight excluding hydrogens is 183 g/mol. The molecule has 11 heavy (non-hydrogen) atoms. The third-order valence-corrected chi connectivity index (χ3v) is 3.83.